The fourth-order valence-electron chi connectivity index (χ4n) is 4.46. The van der Waals surface area contributed by atoms with Gasteiger partial charge in [-0.05, 0) is 57.9 Å². The van der Waals surface area contributed by atoms with Gasteiger partial charge in [-0.2, -0.15) is 0 Å². The van der Waals surface area contributed by atoms with Crippen molar-refractivity contribution >= 4 is 28.6 Å². The fourth-order valence-corrected chi connectivity index (χ4v) is 6.07. The molecular weight excluding hydrogens is 468 g/mol. The van der Waals surface area contributed by atoms with Gasteiger partial charge in [-0.15, -0.1) is 21.5 Å². The number of aromatic nitrogens is 3. The van der Waals surface area contributed by atoms with Crippen molar-refractivity contribution in [1.82, 2.24) is 25.4 Å². The lowest BCUT2D eigenvalue weighted by Gasteiger charge is -2.31. The molecule has 7 nitrogen and oxygen atoms in total. The van der Waals surface area contributed by atoms with Gasteiger partial charge in [-0.1, -0.05) is 11.3 Å². The molecule has 0 spiro atoms. The molecule has 0 unspecified atom stereocenters. The Balaban J connectivity index is 1.15. The number of nitrogens with one attached hydrogen (secondary N) is 1. The predicted molar refractivity (Wildman–Crippen MR) is 124 cm³/mol. The van der Waals surface area contributed by atoms with Gasteiger partial charge in [0.1, 0.15) is 10.0 Å². The first-order valence-electron chi connectivity index (χ1n) is 11.5. The number of fused-ring (bicyclic) bond motifs is 1. The molecule has 0 aromatic carbocycles. The summed E-state index contributed by atoms with van der Waals surface area (Å²) in [6.45, 7) is 4.85. The molecule has 1 fully saturated rings. The number of rotatable bonds is 9. The number of halogens is 2. The minimum atomic E-state index is -2.85. The summed E-state index contributed by atoms with van der Waals surface area (Å²) in [5, 5.41) is 13.2. The highest BCUT2D eigenvalue weighted by molar-refractivity contribution is 7.13. The largest absolute Gasteiger partial charge is 0.464 e. The smallest absolute Gasteiger partial charge is 0.278 e. The van der Waals surface area contributed by atoms with Crippen LogP contribution in [0.4, 0.5) is 8.78 Å². The first-order chi connectivity index (χ1) is 15.7. The van der Waals surface area contributed by atoms with Crippen LogP contribution < -0.4 is 10.1 Å². The van der Waals surface area contributed by atoms with Crippen LogP contribution >= 0.6 is 22.7 Å². The fraction of sp³-hybridized carbons (Fsp3) is 0.727. The number of hydrogen-bond donors (Lipinski definition) is 1. The van der Waals surface area contributed by atoms with E-state index in [0.29, 0.717) is 17.5 Å². The molecule has 1 N–H and O–H groups in total. The number of nitrogens with zero attached hydrogens (tertiary/aromatic N) is 4. The highest BCUT2D eigenvalue weighted by atomic mass is 32.1. The zero-order valence-electron chi connectivity index (χ0n) is 19.1. The number of alkyl halides is 2. The van der Waals surface area contributed by atoms with Crippen molar-refractivity contribution in [2.24, 2.45) is 5.92 Å². The van der Waals surface area contributed by atoms with Crippen molar-refractivity contribution in [3.8, 4) is 5.19 Å². The van der Waals surface area contributed by atoms with Crippen LogP contribution in [0.15, 0.2) is 0 Å². The molecule has 4 rings (SSSR count). The lowest BCUT2D eigenvalue weighted by atomic mass is 9.84. The maximum Gasteiger partial charge on any atom is 0.278 e. The Labute approximate surface area is 201 Å². The Bertz CT molecular complexity index is 938. The molecule has 2 aliphatic rings. The third-order valence-electron chi connectivity index (χ3n) is 6.18. The Morgan fingerprint density at radius 1 is 1.24 bits per heavy atom. The second-order valence-corrected chi connectivity index (χ2v) is 11.5. The van der Waals surface area contributed by atoms with E-state index in [4.69, 9.17) is 4.74 Å². The second kappa shape index (κ2) is 10.7. The van der Waals surface area contributed by atoms with E-state index < -0.39 is 12.5 Å². The van der Waals surface area contributed by atoms with Gasteiger partial charge in [0.15, 0.2) is 6.61 Å². The summed E-state index contributed by atoms with van der Waals surface area (Å²) in [6.07, 6.45) is 6.63. The van der Waals surface area contributed by atoms with Crippen molar-refractivity contribution < 1.29 is 18.3 Å². The van der Waals surface area contributed by atoms with E-state index in [9.17, 15) is 13.6 Å². The third-order valence-corrected chi connectivity index (χ3v) is 8.09. The normalized spacial score (nSPS) is 21.6. The topological polar surface area (TPSA) is 80.2 Å². The maximum atomic E-state index is 13.0. The summed E-state index contributed by atoms with van der Waals surface area (Å²) < 4.78 is 31.2. The van der Waals surface area contributed by atoms with E-state index in [1.807, 2.05) is 6.92 Å². The third kappa shape index (κ3) is 7.38. The minimum absolute atomic E-state index is 0.0352. The Morgan fingerprint density at radius 2 is 2.03 bits per heavy atom. The molecule has 1 aliphatic carbocycles. The molecule has 0 saturated heterocycles. The molecule has 1 aliphatic heterocycles. The molecule has 2 aromatic heterocycles. The van der Waals surface area contributed by atoms with Crippen molar-refractivity contribution in [2.75, 3.05) is 19.7 Å². The highest BCUT2D eigenvalue weighted by Gasteiger charge is 2.27. The molecule has 0 radical (unpaired) electrons. The van der Waals surface area contributed by atoms with Gasteiger partial charge in [0.2, 0.25) is 5.91 Å². The number of amides is 1. The zero-order valence-corrected chi connectivity index (χ0v) is 20.7. The van der Waals surface area contributed by atoms with Gasteiger partial charge in [0.25, 0.3) is 11.1 Å². The van der Waals surface area contributed by atoms with Gasteiger partial charge in [0.05, 0.1) is 12.1 Å². The number of carbonyl (C=O) groups excluding carboxylic acids is 1. The van der Waals surface area contributed by atoms with Crippen LogP contribution in [0.25, 0.3) is 0 Å². The number of aryl methyl sites for hydroxylation is 1. The molecule has 3 heterocycles. The van der Waals surface area contributed by atoms with Gasteiger partial charge >= 0.3 is 0 Å². The van der Waals surface area contributed by atoms with Gasteiger partial charge in [0, 0.05) is 30.9 Å². The molecule has 11 heteroatoms. The lowest BCUT2D eigenvalue weighted by Crippen LogP contribution is -2.39. The Kier molecular flexibility index (Phi) is 7.91. The minimum Gasteiger partial charge on any atom is -0.464 e. The van der Waals surface area contributed by atoms with Gasteiger partial charge in [-0.3, -0.25) is 9.69 Å². The summed E-state index contributed by atoms with van der Waals surface area (Å²) in [5.41, 5.74) is 0.970. The summed E-state index contributed by atoms with van der Waals surface area (Å²) in [5.74, 6) is -2.14. The number of carbonyl (C=O) groups is 1. The summed E-state index contributed by atoms with van der Waals surface area (Å²) in [7, 11) is 0. The Hall–Kier alpha value is -1.72. The molecule has 1 amide bonds. The molecule has 0 atom stereocenters. The predicted octanol–water partition coefficient (Wildman–Crippen LogP) is 4.00. The first-order valence-corrected chi connectivity index (χ1v) is 13.2. The highest BCUT2D eigenvalue weighted by Crippen LogP contribution is 2.32. The van der Waals surface area contributed by atoms with E-state index in [1.165, 1.54) is 22.7 Å². The van der Waals surface area contributed by atoms with Crippen LogP contribution in [0.1, 0.15) is 59.6 Å². The van der Waals surface area contributed by atoms with Crippen LogP contribution in [0.2, 0.25) is 0 Å². The second-order valence-electron chi connectivity index (χ2n) is 9.20. The average Bonchev–Trinajstić information content (AvgIpc) is 3.36. The first kappa shape index (κ1) is 24.4. The molecule has 0 bridgehead atoms. The van der Waals surface area contributed by atoms with E-state index in [1.54, 1.807) is 0 Å². The standard InChI is InChI=1S/C22H31F2N5O2S2/c1-14-27-28-20(32-14)11-19(30)25-16-5-3-15(4-6-16)7-9-29-10-8-18-17(12-29)26-21(33-18)31-13-22(2,23)24/h15-16H,3-13H2,1-2H3,(H,25,30)/t15-,16-. The molecular formula is C22H31F2N5O2S2. The van der Waals surface area contributed by atoms with Crippen LogP contribution in [0.3, 0.4) is 0 Å². The summed E-state index contributed by atoms with van der Waals surface area (Å²) in [6, 6.07) is 0.254. The van der Waals surface area contributed by atoms with E-state index in [-0.39, 0.29) is 11.9 Å². The van der Waals surface area contributed by atoms with Crippen molar-refractivity contribution in [3.05, 3.63) is 20.6 Å². The van der Waals surface area contributed by atoms with E-state index in [0.717, 1.165) is 85.7 Å². The number of ether oxygens (including phenoxy) is 1. The average molecular weight is 500 g/mol. The van der Waals surface area contributed by atoms with Gasteiger partial charge < -0.3 is 10.1 Å². The van der Waals surface area contributed by atoms with E-state index >= 15 is 0 Å². The van der Waals surface area contributed by atoms with Crippen molar-refractivity contribution in [2.45, 2.75) is 77.3 Å². The van der Waals surface area contributed by atoms with Crippen LogP contribution in [-0.2, 0) is 24.2 Å². The van der Waals surface area contributed by atoms with Crippen molar-refractivity contribution in [3.63, 3.8) is 0 Å². The molecule has 182 valence electrons. The van der Waals surface area contributed by atoms with Crippen molar-refractivity contribution in [1.29, 1.82) is 0 Å². The maximum absolute atomic E-state index is 13.0. The molecule has 1 saturated carbocycles. The monoisotopic (exact) mass is 499 g/mol. The zero-order chi connectivity index (χ0) is 23.4. The summed E-state index contributed by atoms with van der Waals surface area (Å²) >= 11 is 2.87. The van der Waals surface area contributed by atoms with Gasteiger partial charge in [-0.25, -0.2) is 13.8 Å². The van der Waals surface area contributed by atoms with Crippen LogP contribution in [-0.4, -0.2) is 57.6 Å². The SMILES string of the molecule is Cc1nnc(CC(=O)N[C@H]2CC[C@H](CCN3CCc4sc(OCC(C)(F)F)nc4C3)CC2)s1. The van der Waals surface area contributed by atoms with Crippen LogP contribution in [0, 0.1) is 12.8 Å². The quantitative estimate of drug-likeness (QED) is 0.562. The lowest BCUT2D eigenvalue weighted by molar-refractivity contribution is -0.121. The molecule has 2 aromatic rings. The molecule has 33 heavy (non-hydrogen) atoms. The summed E-state index contributed by atoms with van der Waals surface area (Å²) in [4.78, 5) is 20.3. The van der Waals surface area contributed by atoms with Crippen LogP contribution in [0.5, 0.6) is 5.19 Å². The number of thiazole rings is 1. The number of hydrogen-bond acceptors (Lipinski definition) is 8. The Morgan fingerprint density at radius 3 is 2.73 bits per heavy atom. The van der Waals surface area contributed by atoms with E-state index in [2.05, 4.69) is 25.4 Å².